The summed E-state index contributed by atoms with van der Waals surface area (Å²) >= 11 is 0. The van der Waals surface area contributed by atoms with Crippen LogP contribution in [0.1, 0.15) is 52.4 Å². The largest absolute Gasteiger partial charge is 0.481 e. The second kappa shape index (κ2) is 6.05. The number of piperidine rings is 1. The van der Waals surface area contributed by atoms with E-state index in [0.29, 0.717) is 0 Å². The minimum atomic E-state index is -0.607. The monoisotopic (exact) mass is 253 g/mol. The first-order valence-electron chi connectivity index (χ1n) is 7.54. The maximum Gasteiger partial charge on any atom is 0.308 e. The molecule has 0 aromatic carbocycles. The van der Waals surface area contributed by atoms with E-state index in [1.807, 2.05) is 0 Å². The Balaban J connectivity index is 1.89. The predicted molar refractivity (Wildman–Crippen MR) is 72.5 cm³/mol. The van der Waals surface area contributed by atoms with E-state index in [2.05, 4.69) is 18.7 Å². The molecular formula is C15H27NO2. The molecule has 1 aliphatic heterocycles. The fourth-order valence-corrected chi connectivity index (χ4v) is 3.86. The molecule has 2 unspecified atom stereocenters. The van der Waals surface area contributed by atoms with E-state index < -0.39 is 5.97 Å². The van der Waals surface area contributed by atoms with Crippen molar-refractivity contribution in [1.82, 2.24) is 4.90 Å². The number of hydrogen-bond acceptors (Lipinski definition) is 2. The number of likely N-dealkylation sites (tertiary alicyclic amines) is 1. The molecular weight excluding hydrogens is 226 g/mol. The summed E-state index contributed by atoms with van der Waals surface area (Å²) in [6, 6.07) is 0.216. The molecule has 0 bridgehead atoms. The second-order valence-corrected chi connectivity index (χ2v) is 6.46. The number of hydrogen-bond donors (Lipinski definition) is 1. The average molecular weight is 253 g/mol. The van der Waals surface area contributed by atoms with Crippen molar-refractivity contribution in [3.05, 3.63) is 0 Å². The Morgan fingerprint density at radius 1 is 1.22 bits per heavy atom. The van der Waals surface area contributed by atoms with Crippen molar-refractivity contribution in [3.63, 3.8) is 0 Å². The molecule has 0 radical (unpaired) electrons. The fraction of sp³-hybridized carbons (Fsp3) is 0.933. The van der Waals surface area contributed by atoms with Gasteiger partial charge in [0.2, 0.25) is 0 Å². The Morgan fingerprint density at radius 3 is 2.67 bits per heavy atom. The number of aliphatic carboxylic acids is 1. The summed E-state index contributed by atoms with van der Waals surface area (Å²) in [7, 11) is 0. The van der Waals surface area contributed by atoms with Crippen LogP contribution in [0.15, 0.2) is 0 Å². The van der Waals surface area contributed by atoms with E-state index in [1.165, 1.54) is 25.7 Å². The lowest BCUT2D eigenvalue weighted by Gasteiger charge is -2.40. The third-order valence-electron chi connectivity index (χ3n) is 4.97. The molecule has 0 aromatic rings. The molecule has 2 rings (SSSR count). The quantitative estimate of drug-likeness (QED) is 0.840. The molecule has 1 N–H and O–H groups in total. The normalized spacial score (nSPS) is 38.6. The van der Waals surface area contributed by atoms with Crippen LogP contribution < -0.4 is 0 Å². The van der Waals surface area contributed by atoms with Crippen LogP contribution in [0, 0.1) is 17.8 Å². The summed E-state index contributed by atoms with van der Waals surface area (Å²) in [5.41, 5.74) is 0. The van der Waals surface area contributed by atoms with E-state index in [1.54, 1.807) is 0 Å². The number of rotatable bonds is 3. The molecule has 3 heteroatoms. The van der Waals surface area contributed by atoms with Gasteiger partial charge in [-0.1, -0.05) is 19.8 Å². The lowest BCUT2D eigenvalue weighted by atomic mass is 9.81. The number of nitrogens with zero attached hydrogens (tertiary/aromatic N) is 1. The molecule has 2 aliphatic rings. The van der Waals surface area contributed by atoms with Crippen LogP contribution in [0.5, 0.6) is 0 Å². The van der Waals surface area contributed by atoms with Gasteiger partial charge in [0.05, 0.1) is 5.92 Å². The molecule has 2 fully saturated rings. The van der Waals surface area contributed by atoms with Gasteiger partial charge in [0.1, 0.15) is 0 Å². The lowest BCUT2D eigenvalue weighted by molar-refractivity contribution is -0.145. The summed E-state index contributed by atoms with van der Waals surface area (Å²) in [4.78, 5) is 13.7. The second-order valence-electron chi connectivity index (χ2n) is 6.46. The first kappa shape index (κ1) is 13.9. The number of carboxylic acid groups (broad SMARTS) is 1. The third-order valence-corrected chi connectivity index (χ3v) is 4.97. The number of carbonyl (C=O) groups is 1. The molecule has 18 heavy (non-hydrogen) atoms. The van der Waals surface area contributed by atoms with Gasteiger partial charge >= 0.3 is 5.97 Å². The Bertz CT molecular complexity index is 292. The zero-order valence-electron chi connectivity index (χ0n) is 11.8. The summed E-state index contributed by atoms with van der Waals surface area (Å²) in [5, 5.41) is 9.25. The molecule has 1 saturated heterocycles. The SMILES string of the molecule is CC1CCCC(CN2CCC[C@H](C(=O)O)[C@@H]2C)C1. The summed E-state index contributed by atoms with van der Waals surface area (Å²) in [6.45, 7) is 6.67. The topological polar surface area (TPSA) is 40.5 Å². The van der Waals surface area contributed by atoms with Gasteiger partial charge in [0, 0.05) is 12.6 Å². The summed E-state index contributed by atoms with van der Waals surface area (Å²) in [5.74, 6) is 0.895. The number of carboxylic acids is 1. The first-order chi connectivity index (χ1) is 8.58. The van der Waals surface area contributed by atoms with Crippen molar-refractivity contribution < 1.29 is 9.90 Å². The minimum absolute atomic E-state index is 0.153. The van der Waals surface area contributed by atoms with Crippen molar-refractivity contribution in [1.29, 1.82) is 0 Å². The molecule has 4 atom stereocenters. The fourth-order valence-electron chi connectivity index (χ4n) is 3.86. The highest BCUT2D eigenvalue weighted by molar-refractivity contribution is 5.70. The van der Waals surface area contributed by atoms with E-state index >= 15 is 0 Å². The highest BCUT2D eigenvalue weighted by Gasteiger charge is 2.34. The summed E-state index contributed by atoms with van der Waals surface area (Å²) in [6.07, 6.45) is 7.31. The van der Waals surface area contributed by atoms with Crippen molar-refractivity contribution >= 4 is 5.97 Å². The van der Waals surface area contributed by atoms with Gasteiger partial charge in [0.15, 0.2) is 0 Å². The van der Waals surface area contributed by atoms with Crippen LogP contribution in [-0.2, 0) is 4.79 Å². The maximum atomic E-state index is 11.2. The highest BCUT2D eigenvalue weighted by Crippen LogP contribution is 2.31. The molecule has 3 nitrogen and oxygen atoms in total. The first-order valence-corrected chi connectivity index (χ1v) is 7.54. The standard InChI is InChI=1S/C15H27NO2/c1-11-5-3-6-13(9-11)10-16-8-4-7-14(12(16)2)15(17)18/h11-14H,3-10H2,1-2H3,(H,17,18)/t11?,12-,13?,14-/m0/s1. The molecule has 0 spiro atoms. The predicted octanol–water partition coefficient (Wildman–Crippen LogP) is 3.00. The van der Waals surface area contributed by atoms with Crippen LogP contribution >= 0.6 is 0 Å². The maximum absolute atomic E-state index is 11.2. The Morgan fingerprint density at radius 2 is 2.00 bits per heavy atom. The Labute approximate surface area is 111 Å². The molecule has 0 amide bonds. The molecule has 1 aliphatic carbocycles. The minimum Gasteiger partial charge on any atom is -0.481 e. The van der Waals surface area contributed by atoms with Gasteiger partial charge < -0.3 is 5.11 Å². The van der Waals surface area contributed by atoms with Gasteiger partial charge in [0.25, 0.3) is 0 Å². The molecule has 0 aromatic heterocycles. The molecule has 104 valence electrons. The van der Waals surface area contributed by atoms with Crippen LogP contribution in [0.25, 0.3) is 0 Å². The molecule has 1 heterocycles. The van der Waals surface area contributed by atoms with Crippen molar-refractivity contribution in [2.75, 3.05) is 13.1 Å². The molecule has 1 saturated carbocycles. The third kappa shape index (κ3) is 3.25. The van der Waals surface area contributed by atoms with Crippen molar-refractivity contribution in [2.24, 2.45) is 17.8 Å². The van der Waals surface area contributed by atoms with E-state index in [0.717, 1.165) is 37.8 Å². The van der Waals surface area contributed by atoms with Crippen molar-refractivity contribution in [2.45, 2.75) is 58.4 Å². The van der Waals surface area contributed by atoms with Crippen molar-refractivity contribution in [3.8, 4) is 0 Å². The van der Waals surface area contributed by atoms with Crippen LogP contribution in [0.2, 0.25) is 0 Å². The average Bonchev–Trinajstić information content (AvgIpc) is 2.31. The van der Waals surface area contributed by atoms with Crippen LogP contribution in [0.4, 0.5) is 0 Å². The van der Waals surface area contributed by atoms with Gasteiger partial charge in [-0.15, -0.1) is 0 Å². The highest BCUT2D eigenvalue weighted by atomic mass is 16.4. The van der Waals surface area contributed by atoms with Gasteiger partial charge in [-0.3, -0.25) is 9.69 Å². The van der Waals surface area contributed by atoms with E-state index in [-0.39, 0.29) is 12.0 Å². The summed E-state index contributed by atoms with van der Waals surface area (Å²) < 4.78 is 0. The van der Waals surface area contributed by atoms with Gasteiger partial charge in [-0.05, 0) is 51.0 Å². The van der Waals surface area contributed by atoms with Crippen LogP contribution in [0.3, 0.4) is 0 Å². The zero-order chi connectivity index (χ0) is 13.1. The van der Waals surface area contributed by atoms with E-state index in [4.69, 9.17) is 0 Å². The lowest BCUT2D eigenvalue weighted by Crippen LogP contribution is -2.48. The van der Waals surface area contributed by atoms with E-state index in [9.17, 15) is 9.90 Å². The van der Waals surface area contributed by atoms with Crippen LogP contribution in [-0.4, -0.2) is 35.1 Å². The zero-order valence-corrected chi connectivity index (χ0v) is 11.8. The van der Waals surface area contributed by atoms with Gasteiger partial charge in [-0.2, -0.15) is 0 Å². The Hall–Kier alpha value is -0.570. The van der Waals surface area contributed by atoms with Gasteiger partial charge in [-0.25, -0.2) is 0 Å². The smallest absolute Gasteiger partial charge is 0.308 e. The Kier molecular flexibility index (Phi) is 4.66.